The van der Waals surface area contributed by atoms with Crippen LogP contribution in [0.15, 0.2) is 18.2 Å². The molecule has 2 heteroatoms. The molecule has 1 nitrogen and oxygen atoms in total. The van der Waals surface area contributed by atoms with Crippen molar-refractivity contribution < 1.29 is 0 Å². The van der Waals surface area contributed by atoms with Crippen LogP contribution in [0.25, 0.3) is 0 Å². The van der Waals surface area contributed by atoms with Gasteiger partial charge in [0.15, 0.2) is 0 Å². The number of hydrogen-bond donors (Lipinski definition) is 1. The lowest BCUT2D eigenvalue weighted by Gasteiger charge is -2.33. The van der Waals surface area contributed by atoms with E-state index in [0.29, 0.717) is 11.5 Å². The fourth-order valence-electron chi connectivity index (χ4n) is 3.98. The van der Waals surface area contributed by atoms with E-state index in [4.69, 9.17) is 11.6 Å². The number of hydrogen-bond acceptors (Lipinski definition) is 1. The van der Waals surface area contributed by atoms with Crippen LogP contribution < -0.4 is 5.32 Å². The first-order chi connectivity index (χ1) is 9.47. The summed E-state index contributed by atoms with van der Waals surface area (Å²) < 4.78 is 0. The van der Waals surface area contributed by atoms with Gasteiger partial charge in [-0.1, -0.05) is 37.6 Å². The van der Waals surface area contributed by atoms with E-state index < -0.39 is 0 Å². The molecule has 0 spiro atoms. The Balaban J connectivity index is 1.76. The SMILES string of the molecule is Cc1ccc(CC2(CNC(C)C)CC3CC3C2)c(Cl)c1. The van der Waals surface area contributed by atoms with Crippen LogP contribution in [-0.4, -0.2) is 12.6 Å². The van der Waals surface area contributed by atoms with Crippen molar-refractivity contribution in [1.29, 1.82) is 0 Å². The summed E-state index contributed by atoms with van der Waals surface area (Å²) >= 11 is 6.46. The third kappa shape index (κ3) is 3.04. The molecule has 2 fully saturated rings. The van der Waals surface area contributed by atoms with Gasteiger partial charge >= 0.3 is 0 Å². The second-order valence-electron chi connectivity index (χ2n) is 7.47. The minimum atomic E-state index is 0.441. The molecule has 20 heavy (non-hydrogen) atoms. The van der Waals surface area contributed by atoms with Crippen molar-refractivity contribution in [2.45, 2.75) is 52.5 Å². The number of fused-ring (bicyclic) bond motifs is 1. The van der Waals surface area contributed by atoms with Gasteiger partial charge in [0.25, 0.3) is 0 Å². The van der Waals surface area contributed by atoms with Crippen LogP contribution in [0.1, 0.15) is 44.2 Å². The molecule has 0 amide bonds. The van der Waals surface area contributed by atoms with Crippen molar-refractivity contribution in [3.05, 3.63) is 34.3 Å². The van der Waals surface area contributed by atoms with E-state index in [1.165, 1.54) is 30.4 Å². The average molecular weight is 292 g/mol. The van der Waals surface area contributed by atoms with Gasteiger partial charge in [-0.2, -0.15) is 0 Å². The van der Waals surface area contributed by atoms with E-state index >= 15 is 0 Å². The van der Waals surface area contributed by atoms with Crippen LogP contribution in [0.5, 0.6) is 0 Å². The summed E-state index contributed by atoms with van der Waals surface area (Å²) in [7, 11) is 0. The van der Waals surface area contributed by atoms with Crippen molar-refractivity contribution in [2.24, 2.45) is 17.3 Å². The standard InChI is InChI=1S/C18H26ClN/c1-12(2)20-11-18(9-15-7-16(15)10-18)8-14-5-4-13(3)6-17(14)19/h4-6,12,15-16,20H,7-11H2,1-3H3. The van der Waals surface area contributed by atoms with Gasteiger partial charge in [0.1, 0.15) is 0 Å². The number of aryl methyl sites for hydroxylation is 1. The third-order valence-corrected chi connectivity index (χ3v) is 5.47. The number of halogens is 1. The van der Waals surface area contributed by atoms with Gasteiger partial charge in [0.2, 0.25) is 0 Å². The average Bonchev–Trinajstić information content (AvgIpc) is 2.99. The summed E-state index contributed by atoms with van der Waals surface area (Å²) in [6, 6.07) is 7.10. The van der Waals surface area contributed by atoms with Crippen LogP contribution in [0.3, 0.4) is 0 Å². The van der Waals surface area contributed by atoms with E-state index in [0.717, 1.165) is 29.8 Å². The normalized spacial score (nSPS) is 31.6. The molecule has 0 radical (unpaired) electrons. The smallest absolute Gasteiger partial charge is 0.0440 e. The van der Waals surface area contributed by atoms with Crippen LogP contribution in [0.4, 0.5) is 0 Å². The molecule has 0 aromatic heterocycles. The Morgan fingerprint density at radius 2 is 2.00 bits per heavy atom. The topological polar surface area (TPSA) is 12.0 Å². The van der Waals surface area contributed by atoms with Crippen molar-refractivity contribution >= 4 is 11.6 Å². The van der Waals surface area contributed by atoms with E-state index in [2.05, 4.69) is 44.3 Å². The highest BCUT2D eigenvalue weighted by atomic mass is 35.5. The Bertz CT molecular complexity index is 484. The molecule has 2 aliphatic carbocycles. The summed E-state index contributed by atoms with van der Waals surface area (Å²) in [6.07, 6.45) is 5.40. The van der Waals surface area contributed by atoms with E-state index in [1.807, 2.05) is 0 Å². The molecule has 0 aliphatic heterocycles. The summed E-state index contributed by atoms with van der Waals surface area (Å²) in [5.74, 6) is 2.02. The molecule has 2 saturated carbocycles. The maximum absolute atomic E-state index is 6.46. The molecule has 1 aromatic rings. The minimum Gasteiger partial charge on any atom is -0.314 e. The number of benzene rings is 1. The van der Waals surface area contributed by atoms with Gasteiger partial charge < -0.3 is 5.32 Å². The first kappa shape index (κ1) is 14.4. The molecule has 0 saturated heterocycles. The molecular weight excluding hydrogens is 266 g/mol. The second kappa shape index (κ2) is 5.35. The van der Waals surface area contributed by atoms with E-state index in [1.54, 1.807) is 0 Å². The van der Waals surface area contributed by atoms with Gasteiger partial charge in [0.05, 0.1) is 0 Å². The first-order valence-corrected chi connectivity index (χ1v) is 8.34. The molecule has 0 heterocycles. The van der Waals surface area contributed by atoms with Gasteiger partial charge in [0, 0.05) is 17.6 Å². The summed E-state index contributed by atoms with van der Waals surface area (Å²) in [6.45, 7) is 7.73. The van der Waals surface area contributed by atoms with Crippen molar-refractivity contribution in [3.63, 3.8) is 0 Å². The predicted octanol–water partition coefficient (Wildman–Crippen LogP) is 4.61. The second-order valence-corrected chi connectivity index (χ2v) is 7.88. The molecule has 1 N–H and O–H groups in total. The van der Waals surface area contributed by atoms with Crippen molar-refractivity contribution in [1.82, 2.24) is 5.32 Å². The first-order valence-electron chi connectivity index (χ1n) is 7.96. The van der Waals surface area contributed by atoms with Gasteiger partial charge in [-0.05, 0) is 67.1 Å². The summed E-state index contributed by atoms with van der Waals surface area (Å²) in [5, 5.41) is 4.63. The molecule has 2 atom stereocenters. The molecule has 1 aromatic carbocycles. The van der Waals surface area contributed by atoms with Crippen LogP contribution >= 0.6 is 11.6 Å². The zero-order valence-electron chi connectivity index (χ0n) is 12.9. The van der Waals surface area contributed by atoms with Crippen LogP contribution in [0.2, 0.25) is 5.02 Å². The van der Waals surface area contributed by atoms with Crippen molar-refractivity contribution in [3.8, 4) is 0 Å². The van der Waals surface area contributed by atoms with Gasteiger partial charge in [-0.25, -0.2) is 0 Å². The Morgan fingerprint density at radius 1 is 1.30 bits per heavy atom. The summed E-state index contributed by atoms with van der Waals surface area (Å²) in [5.41, 5.74) is 3.03. The molecule has 0 bridgehead atoms. The lowest BCUT2D eigenvalue weighted by molar-refractivity contribution is 0.241. The van der Waals surface area contributed by atoms with Crippen LogP contribution in [0, 0.1) is 24.2 Å². The lowest BCUT2D eigenvalue weighted by Crippen LogP contribution is -2.38. The predicted molar refractivity (Wildman–Crippen MR) is 86.3 cm³/mol. The molecule has 2 aliphatic rings. The minimum absolute atomic E-state index is 0.441. The fraction of sp³-hybridized carbons (Fsp3) is 0.667. The Hall–Kier alpha value is -0.530. The molecule has 3 rings (SSSR count). The number of rotatable bonds is 5. The number of nitrogens with one attached hydrogen (secondary N) is 1. The molecule has 110 valence electrons. The highest BCUT2D eigenvalue weighted by molar-refractivity contribution is 6.31. The molecule has 2 unspecified atom stereocenters. The monoisotopic (exact) mass is 291 g/mol. The zero-order chi connectivity index (χ0) is 14.3. The Kier molecular flexibility index (Phi) is 3.85. The van der Waals surface area contributed by atoms with Gasteiger partial charge in [-0.3, -0.25) is 0 Å². The maximum atomic E-state index is 6.46. The van der Waals surface area contributed by atoms with E-state index in [-0.39, 0.29) is 0 Å². The Labute approximate surface area is 128 Å². The highest BCUT2D eigenvalue weighted by Crippen LogP contribution is 2.60. The van der Waals surface area contributed by atoms with Crippen molar-refractivity contribution in [2.75, 3.05) is 6.54 Å². The zero-order valence-corrected chi connectivity index (χ0v) is 13.6. The summed E-state index contributed by atoms with van der Waals surface area (Å²) in [4.78, 5) is 0. The largest absolute Gasteiger partial charge is 0.314 e. The Morgan fingerprint density at radius 3 is 2.60 bits per heavy atom. The van der Waals surface area contributed by atoms with Gasteiger partial charge in [-0.15, -0.1) is 0 Å². The van der Waals surface area contributed by atoms with E-state index in [9.17, 15) is 0 Å². The highest BCUT2D eigenvalue weighted by Gasteiger charge is 2.53. The molecular formula is C18H26ClN. The quantitative estimate of drug-likeness (QED) is 0.836. The fourth-order valence-corrected chi connectivity index (χ4v) is 4.28. The third-order valence-electron chi connectivity index (χ3n) is 5.12. The maximum Gasteiger partial charge on any atom is 0.0440 e. The van der Waals surface area contributed by atoms with Crippen LogP contribution in [-0.2, 0) is 6.42 Å². The lowest BCUT2D eigenvalue weighted by atomic mass is 9.77.